The molecule has 0 heterocycles. The highest BCUT2D eigenvalue weighted by Crippen LogP contribution is 2.15. The van der Waals surface area contributed by atoms with Gasteiger partial charge in [0.1, 0.15) is 0 Å². The normalized spacial score (nSPS) is 11.8. The number of hydrogen-bond acceptors (Lipinski definition) is 3. The van der Waals surface area contributed by atoms with Crippen molar-refractivity contribution in [1.82, 2.24) is 5.32 Å². The highest BCUT2D eigenvalue weighted by atomic mass is 32.2. The third-order valence-corrected chi connectivity index (χ3v) is 3.43. The smallest absolute Gasteiger partial charge is 0.0247 e. The summed E-state index contributed by atoms with van der Waals surface area (Å²) in [6, 6.07) is 8.74. The van der Waals surface area contributed by atoms with Crippen LogP contribution in [-0.2, 0) is 6.42 Å². The van der Waals surface area contributed by atoms with Gasteiger partial charge in [0.2, 0.25) is 0 Å². The van der Waals surface area contributed by atoms with E-state index < -0.39 is 0 Å². The minimum atomic E-state index is 0.0409. The Kier molecular flexibility index (Phi) is 5.32. The first-order valence-corrected chi connectivity index (χ1v) is 6.88. The van der Waals surface area contributed by atoms with Gasteiger partial charge in [0, 0.05) is 17.0 Å². The lowest BCUT2D eigenvalue weighted by Crippen LogP contribution is -2.46. The van der Waals surface area contributed by atoms with Gasteiger partial charge in [-0.25, -0.2) is 0 Å². The first-order valence-electron chi connectivity index (χ1n) is 5.65. The number of nitrogens with one attached hydrogen (secondary N) is 1. The second-order valence-corrected chi connectivity index (χ2v) is 5.49. The van der Waals surface area contributed by atoms with Gasteiger partial charge >= 0.3 is 0 Å². The molecule has 3 heteroatoms. The van der Waals surface area contributed by atoms with Gasteiger partial charge in [-0.3, -0.25) is 0 Å². The van der Waals surface area contributed by atoms with Gasteiger partial charge in [-0.05, 0) is 50.8 Å². The van der Waals surface area contributed by atoms with Gasteiger partial charge in [0.25, 0.3) is 0 Å². The molecule has 0 atom stereocenters. The summed E-state index contributed by atoms with van der Waals surface area (Å²) in [5, 5.41) is 3.46. The van der Waals surface area contributed by atoms with E-state index >= 15 is 0 Å². The topological polar surface area (TPSA) is 38.0 Å². The van der Waals surface area contributed by atoms with Crippen LogP contribution in [0.15, 0.2) is 29.2 Å². The zero-order valence-corrected chi connectivity index (χ0v) is 11.2. The summed E-state index contributed by atoms with van der Waals surface area (Å²) >= 11 is 1.78. The Morgan fingerprint density at radius 1 is 1.25 bits per heavy atom. The zero-order valence-electron chi connectivity index (χ0n) is 10.4. The van der Waals surface area contributed by atoms with E-state index in [0.29, 0.717) is 6.54 Å². The van der Waals surface area contributed by atoms with Gasteiger partial charge in [-0.15, -0.1) is 11.8 Å². The Hall–Kier alpha value is -0.510. The molecule has 1 aromatic carbocycles. The van der Waals surface area contributed by atoms with Gasteiger partial charge in [-0.2, -0.15) is 0 Å². The van der Waals surface area contributed by atoms with Crippen LogP contribution in [0.25, 0.3) is 0 Å². The van der Waals surface area contributed by atoms with Crippen LogP contribution in [0.1, 0.15) is 19.4 Å². The first kappa shape index (κ1) is 13.6. The van der Waals surface area contributed by atoms with Crippen LogP contribution in [0.2, 0.25) is 0 Å². The molecule has 0 radical (unpaired) electrons. The Morgan fingerprint density at radius 3 is 2.38 bits per heavy atom. The van der Waals surface area contributed by atoms with Crippen molar-refractivity contribution < 1.29 is 0 Å². The maximum absolute atomic E-state index is 5.66. The molecule has 0 saturated carbocycles. The minimum absolute atomic E-state index is 0.0409. The molecule has 0 saturated heterocycles. The van der Waals surface area contributed by atoms with E-state index in [1.54, 1.807) is 11.8 Å². The molecule has 1 aromatic rings. The van der Waals surface area contributed by atoms with Crippen molar-refractivity contribution in [2.75, 3.05) is 19.3 Å². The summed E-state index contributed by atoms with van der Waals surface area (Å²) in [6.07, 6.45) is 3.15. The molecule has 0 aromatic heterocycles. The molecule has 0 aliphatic rings. The van der Waals surface area contributed by atoms with Crippen LogP contribution in [0.3, 0.4) is 0 Å². The fourth-order valence-electron chi connectivity index (χ4n) is 1.41. The Balaban J connectivity index is 2.37. The maximum atomic E-state index is 5.66. The van der Waals surface area contributed by atoms with Crippen molar-refractivity contribution in [3.05, 3.63) is 29.8 Å². The zero-order chi connectivity index (χ0) is 12.0. The fraction of sp³-hybridized carbons (Fsp3) is 0.538. The van der Waals surface area contributed by atoms with Gasteiger partial charge in [0.15, 0.2) is 0 Å². The van der Waals surface area contributed by atoms with Crippen LogP contribution in [0.4, 0.5) is 0 Å². The molecule has 2 nitrogen and oxygen atoms in total. The second-order valence-electron chi connectivity index (χ2n) is 4.61. The summed E-state index contributed by atoms with van der Waals surface area (Å²) in [6.45, 7) is 5.90. The average Bonchev–Trinajstić information content (AvgIpc) is 2.30. The van der Waals surface area contributed by atoms with E-state index in [0.717, 1.165) is 13.0 Å². The highest BCUT2D eigenvalue weighted by Gasteiger charge is 2.12. The van der Waals surface area contributed by atoms with Crippen LogP contribution in [0, 0.1) is 0 Å². The van der Waals surface area contributed by atoms with E-state index in [1.807, 2.05) is 0 Å². The molecule has 3 N–H and O–H groups in total. The van der Waals surface area contributed by atoms with E-state index in [1.165, 1.54) is 10.5 Å². The molecule has 0 amide bonds. The summed E-state index contributed by atoms with van der Waals surface area (Å²) in [5.41, 5.74) is 7.07. The van der Waals surface area contributed by atoms with Crippen molar-refractivity contribution in [1.29, 1.82) is 0 Å². The molecule has 0 unspecified atom stereocenters. The lowest BCUT2D eigenvalue weighted by Gasteiger charge is -2.24. The van der Waals surface area contributed by atoms with Crippen LogP contribution in [-0.4, -0.2) is 24.9 Å². The first-order chi connectivity index (χ1) is 7.57. The van der Waals surface area contributed by atoms with Crippen LogP contribution >= 0.6 is 11.8 Å². The molecular weight excluding hydrogens is 216 g/mol. The van der Waals surface area contributed by atoms with E-state index in [9.17, 15) is 0 Å². The lowest BCUT2D eigenvalue weighted by atomic mass is 10.1. The van der Waals surface area contributed by atoms with Crippen molar-refractivity contribution in [3.8, 4) is 0 Å². The Bertz CT molecular complexity index is 306. The molecule has 16 heavy (non-hydrogen) atoms. The molecule has 1 rings (SSSR count). The summed E-state index contributed by atoms with van der Waals surface area (Å²) in [7, 11) is 0. The van der Waals surface area contributed by atoms with E-state index in [2.05, 4.69) is 49.7 Å². The van der Waals surface area contributed by atoms with E-state index in [-0.39, 0.29) is 5.54 Å². The fourth-order valence-corrected chi connectivity index (χ4v) is 1.82. The van der Waals surface area contributed by atoms with Crippen molar-refractivity contribution in [2.24, 2.45) is 5.73 Å². The number of thioether (sulfide) groups is 1. The third-order valence-electron chi connectivity index (χ3n) is 2.69. The molecule has 0 spiro atoms. The van der Waals surface area contributed by atoms with Crippen molar-refractivity contribution >= 4 is 11.8 Å². The molecule has 0 aliphatic heterocycles. The SMILES string of the molecule is CSc1ccc(CCNC(C)(C)CN)cc1. The summed E-state index contributed by atoms with van der Waals surface area (Å²) < 4.78 is 0. The van der Waals surface area contributed by atoms with Crippen molar-refractivity contribution in [2.45, 2.75) is 30.7 Å². The van der Waals surface area contributed by atoms with Gasteiger partial charge < -0.3 is 11.1 Å². The Morgan fingerprint density at radius 2 is 1.88 bits per heavy atom. The third kappa shape index (κ3) is 4.56. The molecule has 0 bridgehead atoms. The molecular formula is C13H22N2S. The largest absolute Gasteiger partial charge is 0.329 e. The molecule has 0 aliphatic carbocycles. The van der Waals surface area contributed by atoms with Gasteiger partial charge in [-0.1, -0.05) is 12.1 Å². The monoisotopic (exact) mass is 238 g/mol. The quantitative estimate of drug-likeness (QED) is 0.747. The standard InChI is InChI=1S/C13H22N2S/c1-13(2,10-14)15-9-8-11-4-6-12(16-3)7-5-11/h4-7,15H,8-10,14H2,1-3H3. The van der Waals surface area contributed by atoms with Crippen LogP contribution in [0.5, 0.6) is 0 Å². The minimum Gasteiger partial charge on any atom is -0.329 e. The predicted octanol–water partition coefficient (Wildman–Crippen LogP) is 2.28. The van der Waals surface area contributed by atoms with Crippen molar-refractivity contribution in [3.63, 3.8) is 0 Å². The lowest BCUT2D eigenvalue weighted by molar-refractivity contribution is 0.402. The summed E-state index contributed by atoms with van der Waals surface area (Å²) in [5.74, 6) is 0. The number of rotatable bonds is 6. The second kappa shape index (κ2) is 6.28. The Labute approximate surface area is 103 Å². The maximum Gasteiger partial charge on any atom is 0.0247 e. The molecule has 0 fully saturated rings. The highest BCUT2D eigenvalue weighted by molar-refractivity contribution is 7.98. The predicted molar refractivity (Wildman–Crippen MR) is 73.1 cm³/mol. The van der Waals surface area contributed by atoms with Crippen LogP contribution < -0.4 is 11.1 Å². The molecule has 90 valence electrons. The number of nitrogens with two attached hydrogens (primary N) is 1. The number of hydrogen-bond donors (Lipinski definition) is 2. The summed E-state index contributed by atoms with van der Waals surface area (Å²) in [4.78, 5) is 1.32. The average molecular weight is 238 g/mol. The number of benzene rings is 1. The van der Waals surface area contributed by atoms with Gasteiger partial charge in [0.05, 0.1) is 0 Å². The van der Waals surface area contributed by atoms with E-state index in [4.69, 9.17) is 5.73 Å².